The third kappa shape index (κ3) is 2.28. The van der Waals surface area contributed by atoms with E-state index in [1.807, 2.05) is 0 Å². The number of rotatable bonds is 3. The molecule has 1 unspecified atom stereocenters. The van der Waals surface area contributed by atoms with Crippen LogP contribution in [0.2, 0.25) is 0 Å². The number of halogens is 1. The molecule has 0 fully saturated rings. The van der Waals surface area contributed by atoms with Gasteiger partial charge in [-0.2, -0.15) is 15.5 Å². The molecule has 2 aromatic rings. The molecule has 0 N–H and O–H groups in total. The first-order valence-electron chi connectivity index (χ1n) is 5.27. The minimum Gasteiger partial charge on any atom is -0.496 e. The fourth-order valence-corrected chi connectivity index (χ4v) is 1.69. The number of nitriles is 1. The maximum absolute atomic E-state index is 13.3. The normalized spacial score (nSPS) is 11.6. The van der Waals surface area contributed by atoms with E-state index in [1.54, 1.807) is 12.1 Å². The first-order chi connectivity index (χ1) is 8.76. The van der Waals surface area contributed by atoms with Crippen molar-refractivity contribution in [1.82, 2.24) is 10.2 Å². The van der Waals surface area contributed by atoms with Gasteiger partial charge in [0, 0.05) is 11.8 Å². The van der Waals surface area contributed by atoms with E-state index in [4.69, 9.17) is 4.74 Å². The third-order valence-corrected chi connectivity index (χ3v) is 2.52. The molecule has 0 bridgehead atoms. The summed E-state index contributed by atoms with van der Waals surface area (Å²) < 4.78 is 18.4. The predicted molar refractivity (Wildman–Crippen MR) is 62.4 cm³/mol. The van der Waals surface area contributed by atoms with Crippen molar-refractivity contribution >= 4 is 0 Å². The average Bonchev–Trinajstić information content (AvgIpc) is 2.41. The smallest absolute Gasteiger partial charge is 0.123 e. The second-order valence-electron chi connectivity index (χ2n) is 3.60. The van der Waals surface area contributed by atoms with E-state index in [9.17, 15) is 9.65 Å². The summed E-state index contributed by atoms with van der Waals surface area (Å²) in [5, 5.41) is 16.9. The molecule has 18 heavy (non-hydrogen) atoms. The Morgan fingerprint density at radius 2 is 2.22 bits per heavy atom. The summed E-state index contributed by atoms with van der Waals surface area (Å²) in [6.45, 7) is 0. The molecule has 1 aromatic heterocycles. The van der Waals surface area contributed by atoms with Crippen LogP contribution in [0.4, 0.5) is 4.39 Å². The number of aromatic nitrogens is 2. The second kappa shape index (κ2) is 5.23. The van der Waals surface area contributed by atoms with Crippen molar-refractivity contribution in [1.29, 1.82) is 5.26 Å². The van der Waals surface area contributed by atoms with Gasteiger partial charge in [-0.3, -0.25) is 0 Å². The Balaban J connectivity index is 2.52. The molecule has 2 rings (SSSR count). The van der Waals surface area contributed by atoms with Gasteiger partial charge in [0.25, 0.3) is 0 Å². The number of ether oxygens (including phenoxy) is 1. The molecule has 1 heterocycles. The largest absolute Gasteiger partial charge is 0.496 e. The van der Waals surface area contributed by atoms with E-state index in [0.717, 1.165) is 0 Å². The highest BCUT2D eigenvalue weighted by molar-refractivity contribution is 5.44. The maximum Gasteiger partial charge on any atom is 0.123 e. The first kappa shape index (κ1) is 12.0. The number of hydrogen-bond donors (Lipinski definition) is 0. The molecule has 5 heteroatoms. The molecule has 0 aliphatic carbocycles. The Morgan fingerprint density at radius 3 is 2.83 bits per heavy atom. The van der Waals surface area contributed by atoms with Gasteiger partial charge in [-0.05, 0) is 30.3 Å². The van der Waals surface area contributed by atoms with E-state index in [-0.39, 0.29) is 0 Å². The van der Waals surface area contributed by atoms with E-state index < -0.39 is 11.7 Å². The van der Waals surface area contributed by atoms with Crippen LogP contribution >= 0.6 is 0 Å². The Kier molecular flexibility index (Phi) is 3.49. The van der Waals surface area contributed by atoms with Crippen LogP contribution in [0.3, 0.4) is 0 Å². The van der Waals surface area contributed by atoms with Crippen LogP contribution in [0.15, 0.2) is 36.5 Å². The summed E-state index contributed by atoms with van der Waals surface area (Å²) in [6.07, 6.45) is 1.51. The Hall–Kier alpha value is -2.48. The minimum absolute atomic E-state index is 0.421. The molecular weight excluding hydrogens is 233 g/mol. The number of methoxy groups -OCH3 is 1. The van der Waals surface area contributed by atoms with Gasteiger partial charge >= 0.3 is 0 Å². The fourth-order valence-electron chi connectivity index (χ4n) is 1.69. The number of hydrogen-bond acceptors (Lipinski definition) is 4. The van der Waals surface area contributed by atoms with E-state index in [2.05, 4.69) is 16.3 Å². The second-order valence-corrected chi connectivity index (χ2v) is 3.60. The molecule has 0 radical (unpaired) electrons. The zero-order valence-electron chi connectivity index (χ0n) is 9.67. The predicted octanol–water partition coefficient (Wildman–Crippen LogP) is 2.28. The van der Waals surface area contributed by atoms with Crippen molar-refractivity contribution in [3.63, 3.8) is 0 Å². The monoisotopic (exact) mass is 243 g/mol. The van der Waals surface area contributed by atoms with Crippen molar-refractivity contribution < 1.29 is 9.13 Å². The molecule has 1 atom stereocenters. The lowest BCUT2D eigenvalue weighted by atomic mass is 9.96. The Bertz CT molecular complexity index is 581. The van der Waals surface area contributed by atoms with Crippen molar-refractivity contribution in [3.05, 3.63) is 53.6 Å². The summed E-state index contributed by atoms with van der Waals surface area (Å²) in [5.41, 5.74) is 0.907. The summed E-state index contributed by atoms with van der Waals surface area (Å²) in [4.78, 5) is 0. The quantitative estimate of drug-likeness (QED) is 0.829. The van der Waals surface area contributed by atoms with Crippen molar-refractivity contribution in [2.45, 2.75) is 5.92 Å². The van der Waals surface area contributed by atoms with Crippen LogP contribution in [0.25, 0.3) is 0 Å². The van der Waals surface area contributed by atoms with Gasteiger partial charge in [-0.15, -0.1) is 0 Å². The maximum atomic E-state index is 13.3. The zero-order chi connectivity index (χ0) is 13.0. The fraction of sp³-hybridized carbons (Fsp3) is 0.154. The third-order valence-electron chi connectivity index (χ3n) is 2.52. The van der Waals surface area contributed by atoms with Gasteiger partial charge in [0.2, 0.25) is 0 Å². The topological polar surface area (TPSA) is 58.8 Å². The Labute approximate surface area is 104 Å². The van der Waals surface area contributed by atoms with Gasteiger partial charge in [-0.25, -0.2) is 4.39 Å². The lowest BCUT2D eigenvalue weighted by molar-refractivity contribution is 0.408. The minimum atomic E-state index is -0.704. The van der Waals surface area contributed by atoms with Gasteiger partial charge < -0.3 is 4.74 Å². The first-order valence-corrected chi connectivity index (χ1v) is 5.27. The standard InChI is InChI=1S/C13H10FN3O/c1-18-13-5-4-9(14)7-10(13)11(8-15)12-3-2-6-16-17-12/h2-7,11H,1H3. The van der Waals surface area contributed by atoms with Gasteiger partial charge in [0.1, 0.15) is 17.5 Å². The number of nitrogens with zero attached hydrogens (tertiary/aromatic N) is 3. The van der Waals surface area contributed by atoms with Crippen molar-refractivity contribution in [2.75, 3.05) is 7.11 Å². The van der Waals surface area contributed by atoms with E-state index in [1.165, 1.54) is 31.5 Å². The molecule has 0 amide bonds. The summed E-state index contributed by atoms with van der Waals surface area (Å²) in [6, 6.07) is 9.49. The van der Waals surface area contributed by atoms with Crippen molar-refractivity contribution in [3.8, 4) is 11.8 Å². The van der Waals surface area contributed by atoms with Crippen LogP contribution in [0, 0.1) is 17.1 Å². The lowest BCUT2D eigenvalue weighted by Gasteiger charge is -2.12. The molecule has 4 nitrogen and oxygen atoms in total. The zero-order valence-corrected chi connectivity index (χ0v) is 9.67. The highest BCUT2D eigenvalue weighted by atomic mass is 19.1. The SMILES string of the molecule is COc1ccc(F)cc1C(C#N)c1cccnn1. The molecule has 0 aliphatic heterocycles. The Morgan fingerprint density at radius 1 is 1.39 bits per heavy atom. The highest BCUT2D eigenvalue weighted by Gasteiger charge is 2.20. The highest BCUT2D eigenvalue weighted by Crippen LogP contribution is 2.30. The lowest BCUT2D eigenvalue weighted by Crippen LogP contribution is -2.04. The molecule has 90 valence electrons. The van der Waals surface area contributed by atoms with Crippen LogP contribution < -0.4 is 4.74 Å². The van der Waals surface area contributed by atoms with Crippen LogP contribution in [0.1, 0.15) is 17.2 Å². The van der Waals surface area contributed by atoms with E-state index >= 15 is 0 Å². The molecule has 0 saturated heterocycles. The molecule has 0 saturated carbocycles. The van der Waals surface area contributed by atoms with Crippen molar-refractivity contribution in [2.24, 2.45) is 0 Å². The summed E-state index contributed by atoms with van der Waals surface area (Å²) in [7, 11) is 1.47. The number of benzene rings is 1. The van der Waals surface area contributed by atoms with Crippen LogP contribution in [0.5, 0.6) is 5.75 Å². The summed E-state index contributed by atoms with van der Waals surface area (Å²) in [5.74, 6) is -0.673. The van der Waals surface area contributed by atoms with Gasteiger partial charge in [0.15, 0.2) is 0 Å². The molecular formula is C13H10FN3O. The molecule has 0 aliphatic rings. The van der Waals surface area contributed by atoms with Crippen LogP contribution in [-0.4, -0.2) is 17.3 Å². The van der Waals surface area contributed by atoms with Crippen LogP contribution in [-0.2, 0) is 0 Å². The van der Waals surface area contributed by atoms with Gasteiger partial charge in [0.05, 0.1) is 18.9 Å². The summed E-state index contributed by atoms with van der Waals surface area (Å²) >= 11 is 0. The molecule has 0 spiro atoms. The molecule has 1 aromatic carbocycles. The average molecular weight is 243 g/mol. The van der Waals surface area contributed by atoms with E-state index in [0.29, 0.717) is 17.0 Å². The van der Waals surface area contributed by atoms with Gasteiger partial charge in [-0.1, -0.05) is 0 Å².